The second-order valence-electron chi connectivity index (χ2n) is 7.44. The molecule has 0 saturated heterocycles. The van der Waals surface area contributed by atoms with Crippen molar-refractivity contribution in [2.24, 2.45) is 5.41 Å². The summed E-state index contributed by atoms with van der Waals surface area (Å²) in [6, 6.07) is 5.78. The highest BCUT2D eigenvalue weighted by atomic mass is 79.9. The van der Waals surface area contributed by atoms with Crippen molar-refractivity contribution < 1.29 is 14.3 Å². The Hall–Kier alpha value is -1.56. The second-order valence-corrected chi connectivity index (χ2v) is 8.29. The number of carbonyl (C=O) groups is 2. The van der Waals surface area contributed by atoms with Gasteiger partial charge in [-0.15, -0.1) is 0 Å². The van der Waals surface area contributed by atoms with E-state index in [1.807, 2.05) is 18.2 Å². The maximum atomic E-state index is 11.7. The first-order valence-corrected chi connectivity index (χ1v) is 8.22. The summed E-state index contributed by atoms with van der Waals surface area (Å²) in [4.78, 5) is 23.4. The van der Waals surface area contributed by atoms with E-state index in [0.717, 1.165) is 4.47 Å². The molecule has 0 aliphatic heterocycles. The maximum absolute atomic E-state index is 11.7. The van der Waals surface area contributed by atoms with Crippen molar-refractivity contribution in [3.8, 4) is 5.75 Å². The molecule has 128 valence electrons. The molecular formula is C17H25BrN2O3. The van der Waals surface area contributed by atoms with E-state index < -0.39 is 11.3 Å². The Morgan fingerprint density at radius 1 is 1.09 bits per heavy atom. The van der Waals surface area contributed by atoms with Gasteiger partial charge in [-0.05, 0) is 39.0 Å². The Kier molecular flexibility index (Phi) is 6.22. The van der Waals surface area contributed by atoms with E-state index in [1.165, 1.54) is 5.56 Å². The van der Waals surface area contributed by atoms with Gasteiger partial charge in [-0.1, -0.05) is 47.6 Å². The second kappa shape index (κ2) is 7.34. The number of ether oxygens (including phenoxy) is 1. The number of rotatable bonds is 3. The Labute approximate surface area is 146 Å². The van der Waals surface area contributed by atoms with Gasteiger partial charge in [0.05, 0.1) is 4.47 Å². The highest BCUT2D eigenvalue weighted by Crippen LogP contribution is 2.31. The molecule has 2 amide bonds. The molecule has 23 heavy (non-hydrogen) atoms. The molecule has 6 heteroatoms. The Bertz CT molecular complexity index is 586. The number of nitrogens with one attached hydrogen (secondary N) is 2. The molecule has 0 spiro atoms. The van der Waals surface area contributed by atoms with Gasteiger partial charge < -0.3 is 4.74 Å². The van der Waals surface area contributed by atoms with Crippen molar-refractivity contribution in [2.45, 2.75) is 47.0 Å². The van der Waals surface area contributed by atoms with Crippen molar-refractivity contribution in [3.05, 3.63) is 28.2 Å². The average Bonchev–Trinajstić information content (AvgIpc) is 2.41. The summed E-state index contributed by atoms with van der Waals surface area (Å²) in [5.74, 6) is -0.105. The normalized spacial score (nSPS) is 11.8. The zero-order valence-electron chi connectivity index (χ0n) is 14.5. The lowest BCUT2D eigenvalue weighted by atomic mass is 9.87. The number of hydrogen-bond donors (Lipinski definition) is 2. The van der Waals surface area contributed by atoms with Gasteiger partial charge >= 0.3 is 0 Å². The third-order valence-corrected chi connectivity index (χ3v) is 3.77. The summed E-state index contributed by atoms with van der Waals surface area (Å²) >= 11 is 3.45. The molecule has 2 N–H and O–H groups in total. The lowest BCUT2D eigenvalue weighted by molar-refractivity contribution is -0.134. The van der Waals surface area contributed by atoms with E-state index in [-0.39, 0.29) is 17.9 Å². The molecule has 0 bridgehead atoms. The monoisotopic (exact) mass is 384 g/mol. The molecule has 0 heterocycles. The Morgan fingerprint density at radius 3 is 2.17 bits per heavy atom. The minimum Gasteiger partial charge on any atom is -0.483 e. The number of amides is 2. The van der Waals surface area contributed by atoms with Gasteiger partial charge in [-0.25, -0.2) is 0 Å². The molecule has 0 aliphatic rings. The van der Waals surface area contributed by atoms with Crippen LogP contribution in [0.4, 0.5) is 0 Å². The van der Waals surface area contributed by atoms with Crippen LogP contribution in [0, 0.1) is 5.41 Å². The van der Waals surface area contributed by atoms with Crippen LogP contribution in [-0.2, 0) is 15.0 Å². The standard InChI is InChI=1S/C17H25BrN2O3/c1-16(2,3)11-7-8-13(12(18)9-11)23-10-14(21)19-20-15(22)17(4,5)6/h7-9H,10H2,1-6H3,(H,19,21)(H,20,22). The molecule has 0 fully saturated rings. The van der Waals surface area contributed by atoms with Crippen LogP contribution in [0.15, 0.2) is 22.7 Å². The fraction of sp³-hybridized carbons (Fsp3) is 0.529. The summed E-state index contributed by atoms with van der Waals surface area (Å²) in [6.07, 6.45) is 0. The summed E-state index contributed by atoms with van der Waals surface area (Å²) in [6.45, 7) is 11.5. The van der Waals surface area contributed by atoms with Crippen molar-refractivity contribution in [1.29, 1.82) is 0 Å². The molecule has 0 radical (unpaired) electrons. The highest BCUT2D eigenvalue weighted by molar-refractivity contribution is 9.10. The summed E-state index contributed by atoms with van der Waals surface area (Å²) in [5.41, 5.74) is 5.34. The van der Waals surface area contributed by atoms with Crippen LogP contribution >= 0.6 is 15.9 Å². The molecule has 0 unspecified atom stereocenters. The Balaban J connectivity index is 2.55. The SMILES string of the molecule is CC(C)(C)C(=O)NNC(=O)COc1ccc(C(C)(C)C)cc1Br. The van der Waals surface area contributed by atoms with E-state index in [9.17, 15) is 9.59 Å². The molecule has 0 saturated carbocycles. The quantitative estimate of drug-likeness (QED) is 0.785. The van der Waals surface area contributed by atoms with E-state index in [4.69, 9.17) is 4.74 Å². The smallest absolute Gasteiger partial charge is 0.276 e. The molecule has 0 aromatic heterocycles. The first-order valence-electron chi connectivity index (χ1n) is 7.43. The van der Waals surface area contributed by atoms with Crippen LogP contribution in [0.5, 0.6) is 5.75 Å². The highest BCUT2D eigenvalue weighted by Gasteiger charge is 2.21. The van der Waals surface area contributed by atoms with E-state index >= 15 is 0 Å². The molecule has 0 atom stereocenters. The maximum Gasteiger partial charge on any atom is 0.276 e. The fourth-order valence-electron chi connectivity index (χ4n) is 1.58. The average molecular weight is 385 g/mol. The fourth-order valence-corrected chi connectivity index (χ4v) is 2.07. The minimum absolute atomic E-state index is 0.0374. The van der Waals surface area contributed by atoms with Gasteiger partial charge in [-0.2, -0.15) is 0 Å². The van der Waals surface area contributed by atoms with E-state index in [0.29, 0.717) is 5.75 Å². The lowest BCUT2D eigenvalue weighted by Crippen LogP contribution is -2.48. The molecule has 1 rings (SSSR count). The van der Waals surface area contributed by atoms with Gasteiger partial charge in [0.1, 0.15) is 5.75 Å². The third kappa shape index (κ3) is 6.22. The lowest BCUT2D eigenvalue weighted by Gasteiger charge is -2.20. The number of carbonyl (C=O) groups excluding carboxylic acids is 2. The van der Waals surface area contributed by atoms with Crippen LogP contribution in [0.3, 0.4) is 0 Å². The van der Waals surface area contributed by atoms with Crippen LogP contribution in [0.1, 0.15) is 47.1 Å². The van der Waals surface area contributed by atoms with E-state index in [1.54, 1.807) is 20.8 Å². The third-order valence-electron chi connectivity index (χ3n) is 3.15. The van der Waals surface area contributed by atoms with Crippen LogP contribution in [0.25, 0.3) is 0 Å². The summed E-state index contributed by atoms with van der Waals surface area (Å²) < 4.78 is 6.26. The number of hydrogen-bond acceptors (Lipinski definition) is 3. The van der Waals surface area contributed by atoms with Gasteiger partial charge in [0.2, 0.25) is 5.91 Å². The summed E-state index contributed by atoms with van der Waals surface area (Å²) in [5, 5.41) is 0. The predicted molar refractivity (Wildman–Crippen MR) is 94.1 cm³/mol. The van der Waals surface area contributed by atoms with Crippen molar-refractivity contribution in [1.82, 2.24) is 10.9 Å². The Morgan fingerprint density at radius 2 is 1.70 bits per heavy atom. The molecule has 1 aromatic rings. The topological polar surface area (TPSA) is 67.4 Å². The van der Waals surface area contributed by atoms with Crippen molar-refractivity contribution in [3.63, 3.8) is 0 Å². The molecule has 1 aromatic carbocycles. The first-order chi connectivity index (χ1) is 10.4. The van der Waals surface area contributed by atoms with E-state index in [2.05, 4.69) is 47.6 Å². The number of halogens is 1. The van der Waals surface area contributed by atoms with Crippen molar-refractivity contribution in [2.75, 3.05) is 6.61 Å². The van der Waals surface area contributed by atoms with Crippen LogP contribution in [0.2, 0.25) is 0 Å². The van der Waals surface area contributed by atoms with Crippen LogP contribution in [-0.4, -0.2) is 18.4 Å². The zero-order chi connectivity index (χ0) is 17.8. The molecule has 0 aliphatic carbocycles. The zero-order valence-corrected chi connectivity index (χ0v) is 16.1. The largest absolute Gasteiger partial charge is 0.483 e. The van der Waals surface area contributed by atoms with Gasteiger partial charge in [0.25, 0.3) is 5.91 Å². The predicted octanol–water partition coefficient (Wildman–Crippen LogP) is 3.32. The van der Waals surface area contributed by atoms with Gasteiger partial charge in [0.15, 0.2) is 6.61 Å². The minimum atomic E-state index is -0.569. The first kappa shape index (κ1) is 19.5. The molecular weight excluding hydrogens is 360 g/mol. The van der Waals surface area contributed by atoms with Gasteiger partial charge in [0, 0.05) is 5.41 Å². The van der Waals surface area contributed by atoms with Crippen molar-refractivity contribution >= 4 is 27.7 Å². The molecule has 5 nitrogen and oxygen atoms in total. The van der Waals surface area contributed by atoms with Gasteiger partial charge in [-0.3, -0.25) is 20.4 Å². The van der Waals surface area contributed by atoms with Crippen LogP contribution < -0.4 is 15.6 Å². The summed E-state index contributed by atoms with van der Waals surface area (Å²) in [7, 11) is 0. The number of benzene rings is 1. The number of hydrazine groups is 1.